The molecule has 5 N–H and O–H groups in total. The Hall–Kier alpha value is -4.81. The van der Waals surface area contributed by atoms with Crippen molar-refractivity contribution in [2.75, 3.05) is 6.54 Å². The first-order valence-electron chi connectivity index (χ1n) is 12.4. The minimum absolute atomic E-state index is 0.00243. The molecule has 1 heterocycles. The van der Waals surface area contributed by atoms with E-state index in [0.29, 0.717) is 11.1 Å². The van der Waals surface area contributed by atoms with Gasteiger partial charge in [-0.1, -0.05) is 42.5 Å². The Morgan fingerprint density at radius 3 is 2.35 bits per heavy atom. The van der Waals surface area contributed by atoms with Gasteiger partial charge in [-0.15, -0.1) is 0 Å². The van der Waals surface area contributed by atoms with Gasteiger partial charge >= 0.3 is 12.1 Å². The lowest BCUT2D eigenvalue weighted by molar-refractivity contribution is -0.142. The van der Waals surface area contributed by atoms with E-state index in [0.717, 1.165) is 5.56 Å². The van der Waals surface area contributed by atoms with Gasteiger partial charge in [-0.3, -0.25) is 9.59 Å². The van der Waals surface area contributed by atoms with Gasteiger partial charge in [0.25, 0.3) is 5.91 Å². The molecule has 0 spiro atoms. The van der Waals surface area contributed by atoms with E-state index in [1.165, 1.54) is 12.3 Å². The molecule has 3 amide bonds. The number of aromatic amines is 1. The largest absolute Gasteiger partial charge is 0.480 e. The maximum Gasteiger partial charge on any atom is 0.408 e. The summed E-state index contributed by atoms with van der Waals surface area (Å²) in [6, 6.07) is 11.1. The molecule has 3 rings (SSSR count). The second-order valence-corrected chi connectivity index (χ2v) is 9.96. The lowest BCUT2D eigenvalue weighted by Gasteiger charge is -2.23. The minimum Gasteiger partial charge on any atom is -0.480 e. The Labute approximate surface area is 229 Å². The van der Waals surface area contributed by atoms with Gasteiger partial charge in [0.1, 0.15) is 24.0 Å². The third-order valence-corrected chi connectivity index (χ3v) is 5.55. The fourth-order valence-corrected chi connectivity index (χ4v) is 3.78. The molecule has 0 saturated carbocycles. The molecule has 13 heteroatoms. The number of carboxylic acids is 1. The van der Waals surface area contributed by atoms with E-state index in [4.69, 9.17) is 4.74 Å². The van der Waals surface area contributed by atoms with Crippen LogP contribution in [-0.4, -0.2) is 68.6 Å². The van der Waals surface area contributed by atoms with Crippen LogP contribution in [0.15, 0.2) is 54.7 Å². The highest BCUT2D eigenvalue weighted by atomic mass is 19.1. The lowest BCUT2D eigenvalue weighted by Crippen LogP contribution is -2.50. The average molecular weight is 555 g/mol. The molecule has 0 bridgehead atoms. The Bertz CT molecular complexity index is 1320. The van der Waals surface area contributed by atoms with E-state index < -0.39 is 48.1 Å². The Morgan fingerprint density at radius 1 is 1.05 bits per heavy atom. The zero-order valence-corrected chi connectivity index (χ0v) is 22.2. The van der Waals surface area contributed by atoms with Crippen LogP contribution in [0.4, 0.5) is 9.18 Å². The maximum atomic E-state index is 14.2. The molecule has 2 aromatic carbocycles. The number of H-pyrrole nitrogens is 1. The number of ether oxygens (including phenoxy) is 1. The number of carbonyl (C=O) groups excluding carboxylic acids is 3. The summed E-state index contributed by atoms with van der Waals surface area (Å²) in [7, 11) is 0. The molecule has 2 atom stereocenters. The van der Waals surface area contributed by atoms with Gasteiger partial charge in [0.05, 0.1) is 6.20 Å². The second kappa shape index (κ2) is 13.3. The minimum atomic E-state index is -1.40. The number of alkyl carbamates (subject to hydrolysis) is 1. The molecule has 0 saturated heterocycles. The van der Waals surface area contributed by atoms with Crippen LogP contribution in [0, 0.1) is 5.82 Å². The number of aliphatic carboxylic acids is 1. The summed E-state index contributed by atoms with van der Waals surface area (Å²) in [6.07, 6.45) is 0.392. The highest BCUT2D eigenvalue weighted by Gasteiger charge is 2.27. The zero-order valence-electron chi connectivity index (χ0n) is 22.2. The van der Waals surface area contributed by atoms with Gasteiger partial charge in [0.15, 0.2) is 5.69 Å². The van der Waals surface area contributed by atoms with E-state index in [1.807, 2.05) is 0 Å². The summed E-state index contributed by atoms with van der Waals surface area (Å²) in [5.41, 5.74) is 1.04. The maximum absolute atomic E-state index is 14.2. The predicted octanol–water partition coefficient (Wildman–Crippen LogP) is 2.44. The molecule has 0 aliphatic heterocycles. The number of carbonyl (C=O) groups is 4. The second-order valence-electron chi connectivity index (χ2n) is 9.96. The molecular weight excluding hydrogens is 523 g/mol. The first-order chi connectivity index (χ1) is 18.9. The summed E-state index contributed by atoms with van der Waals surface area (Å²) in [4.78, 5) is 48.9. The van der Waals surface area contributed by atoms with Crippen molar-refractivity contribution >= 4 is 23.9 Å². The first kappa shape index (κ1) is 29.7. The van der Waals surface area contributed by atoms with E-state index in [1.54, 1.807) is 63.2 Å². The van der Waals surface area contributed by atoms with Crippen molar-refractivity contribution in [3.8, 4) is 11.1 Å². The molecular formula is C27H31FN6O6. The number of amides is 3. The molecule has 212 valence electrons. The summed E-state index contributed by atoms with van der Waals surface area (Å²) in [5.74, 6) is -3.05. The number of halogens is 1. The van der Waals surface area contributed by atoms with E-state index in [-0.39, 0.29) is 24.4 Å². The highest BCUT2D eigenvalue weighted by Crippen LogP contribution is 2.23. The van der Waals surface area contributed by atoms with Crippen molar-refractivity contribution in [2.24, 2.45) is 0 Å². The zero-order chi connectivity index (χ0) is 29.3. The Balaban J connectivity index is 1.71. The van der Waals surface area contributed by atoms with Crippen LogP contribution in [0.1, 0.15) is 43.2 Å². The smallest absolute Gasteiger partial charge is 0.408 e. The molecule has 0 fully saturated rings. The van der Waals surface area contributed by atoms with Crippen LogP contribution >= 0.6 is 0 Å². The van der Waals surface area contributed by atoms with Crippen LogP contribution in [-0.2, 0) is 20.7 Å². The summed E-state index contributed by atoms with van der Waals surface area (Å²) >= 11 is 0. The number of nitrogens with one attached hydrogen (secondary N) is 4. The molecule has 40 heavy (non-hydrogen) atoms. The third-order valence-electron chi connectivity index (χ3n) is 5.55. The quantitative estimate of drug-likeness (QED) is 0.240. The van der Waals surface area contributed by atoms with Crippen molar-refractivity contribution in [3.05, 3.63) is 71.8 Å². The number of benzene rings is 2. The van der Waals surface area contributed by atoms with Gasteiger partial charge in [-0.05, 0) is 50.8 Å². The Kier molecular flexibility index (Phi) is 9.90. The van der Waals surface area contributed by atoms with E-state index in [2.05, 4.69) is 31.4 Å². The molecule has 0 aliphatic carbocycles. The summed E-state index contributed by atoms with van der Waals surface area (Å²) in [5, 5.41) is 26.8. The molecule has 3 aromatic rings. The fraction of sp³-hybridized carbons (Fsp3) is 0.333. The number of hydrogen-bond acceptors (Lipinski definition) is 7. The van der Waals surface area contributed by atoms with Gasteiger partial charge in [0, 0.05) is 11.6 Å². The standard InChI is InChI=1S/C27H31FN6O6/c1-27(2,3)40-26(39)29-15-23(35)32-21(25(37)38)13-18(31-24(36)22-14-30-34-33-22)12-16-8-10-17(11-9-16)19-6-4-5-7-20(19)28/h4-11,14,18,21H,12-13,15H2,1-3H3,(H,29,39)(H,31,36)(H,32,35)(H,37,38)(H,30,33,34). The topological polar surface area (TPSA) is 175 Å². The summed E-state index contributed by atoms with van der Waals surface area (Å²) < 4.78 is 19.2. The molecule has 2 unspecified atom stereocenters. The molecule has 0 radical (unpaired) electrons. The predicted molar refractivity (Wildman–Crippen MR) is 142 cm³/mol. The van der Waals surface area contributed by atoms with E-state index >= 15 is 0 Å². The monoisotopic (exact) mass is 554 g/mol. The van der Waals surface area contributed by atoms with Crippen molar-refractivity contribution in [3.63, 3.8) is 0 Å². The first-order valence-corrected chi connectivity index (χ1v) is 12.4. The average Bonchev–Trinajstić information content (AvgIpc) is 3.42. The normalized spacial score (nSPS) is 12.6. The third kappa shape index (κ3) is 9.19. The van der Waals surface area contributed by atoms with Crippen LogP contribution in [0.3, 0.4) is 0 Å². The molecule has 1 aromatic heterocycles. The molecule has 12 nitrogen and oxygen atoms in total. The van der Waals surface area contributed by atoms with Crippen molar-refractivity contribution < 1.29 is 33.4 Å². The SMILES string of the molecule is CC(C)(C)OC(=O)NCC(=O)NC(CC(Cc1ccc(-c2ccccc2F)cc1)NC(=O)c1cn[nH]n1)C(=O)O. The number of rotatable bonds is 11. The number of aromatic nitrogens is 3. The highest BCUT2D eigenvalue weighted by molar-refractivity contribution is 5.92. The van der Waals surface area contributed by atoms with Gasteiger partial charge in [0.2, 0.25) is 5.91 Å². The van der Waals surface area contributed by atoms with Crippen molar-refractivity contribution in [1.29, 1.82) is 0 Å². The van der Waals surface area contributed by atoms with Gasteiger partial charge in [-0.25, -0.2) is 14.0 Å². The number of carboxylic acid groups (broad SMARTS) is 1. The van der Waals surface area contributed by atoms with Crippen molar-refractivity contribution in [1.82, 2.24) is 31.4 Å². The number of nitrogens with zero attached hydrogens (tertiary/aromatic N) is 2. The van der Waals surface area contributed by atoms with Crippen LogP contribution in [0.2, 0.25) is 0 Å². The van der Waals surface area contributed by atoms with Crippen molar-refractivity contribution in [2.45, 2.75) is 51.3 Å². The van der Waals surface area contributed by atoms with Crippen LogP contribution in [0.25, 0.3) is 11.1 Å². The Morgan fingerprint density at radius 2 is 1.75 bits per heavy atom. The van der Waals surface area contributed by atoms with Gasteiger partial charge < -0.3 is 25.8 Å². The van der Waals surface area contributed by atoms with Crippen LogP contribution < -0.4 is 16.0 Å². The summed E-state index contributed by atoms with van der Waals surface area (Å²) in [6.45, 7) is 4.47. The van der Waals surface area contributed by atoms with Gasteiger partial charge in [-0.2, -0.15) is 15.4 Å². The van der Waals surface area contributed by atoms with E-state index in [9.17, 15) is 28.7 Å². The lowest BCUT2D eigenvalue weighted by atomic mass is 9.96. The number of hydrogen-bond donors (Lipinski definition) is 5. The molecule has 0 aliphatic rings. The fourth-order valence-electron chi connectivity index (χ4n) is 3.78. The van der Waals surface area contributed by atoms with Crippen LogP contribution in [0.5, 0.6) is 0 Å².